The first-order valence-electron chi connectivity index (χ1n) is 6.79. The normalized spacial score (nSPS) is 28.5. The minimum absolute atomic E-state index is 0.635. The zero-order valence-electron chi connectivity index (χ0n) is 10.7. The molecule has 2 atom stereocenters. The highest BCUT2D eigenvalue weighted by Gasteiger charge is 2.29. The predicted molar refractivity (Wildman–Crippen MR) is 66.7 cm³/mol. The van der Waals surface area contributed by atoms with Crippen molar-refractivity contribution in [3.63, 3.8) is 0 Å². The van der Waals surface area contributed by atoms with Crippen molar-refractivity contribution in [3.05, 3.63) is 0 Å². The summed E-state index contributed by atoms with van der Waals surface area (Å²) in [4.78, 5) is 2.61. The standard InChI is InChI=1S/C13H26N2O/c1-3-13(10-16-2)15-7-6-11(9-15)8-14-12-4-5-12/h11-14H,3-10H2,1-2H3. The smallest absolute Gasteiger partial charge is 0.0617 e. The first-order valence-corrected chi connectivity index (χ1v) is 6.79. The van der Waals surface area contributed by atoms with Gasteiger partial charge in [0.25, 0.3) is 0 Å². The average molecular weight is 226 g/mol. The molecule has 2 aliphatic rings. The molecule has 0 aromatic heterocycles. The number of methoxy groups -OCH3 is 1. The SMILES string of the molecule is CCC(COC)N1CCC(CNC2CC2)C1. The van der Waals surface area contributed by atoms with E-state index in [1.54, 1.807) is 0 Å². The Morgan fingerprint density at radius 2 is 2.19 bits per heavy atom. The second kappa shape index (κ2) is 5.99. The van der Waals surface area contributed by atoms with Crippen LogP contribution in [0.5, 0.6) is 0 Å². The van der Waals surface area contributed by atoms with Crippen molar-refractivity contribution in [2.24, 2.45) is 5.92 Å². The number of hydrogen-bond acceptors (Lipinski definition) is 3. The molecule has 0 bridgehead atoms. The van der Waals surface area contributed by atoms with Crippen LogP contribution >= 0.6 is 0 Å². The lowest BCUT2D eigenvalue weighted by atomic mass is 10.1. The van der Waals surface area contributed by atoms with Gasteiger partial charge in [0.1, 0.15) is 0 Å². The summed E-state index contributed by atoms with van der Waals surface area (Å²) in [6.07, 6.45) is 5.37. The minimum Gasteiger partial charge on any atom is -0.383 e. The number of nitrogens with zero attached hydrogens (tertiary/aromatic N) is 1. The summed E-state index contributed by atoms with van der Waals surface area (Å²) >= 11 is 0. The van der Waals surface area contributed by atoms with E-state index in [0.29, 0.717) is 6.04 Å². The third kappa shape index (κ3) is 3.44. The Labute approximate surface area is 99.5 Å². The number of likely N-dealkylation sites (tertiary alicyclic amines) is 1. The third-order valence-corrected chi connectivity index (χ3v) is 3.94. The fraction of sp³-hybridized carbons (Fsp3) is 1.00. The summed E-state index contributed by atoms with van der Waals surface area (Å²) in [5.41, 5.74) is 0. The fourth-order valence-corrected chi connectivity index (χ4v) is 2.66. The molecule has 0 amide bonds. The quantitative estimate of drug-likeness (QED) is 0.712. The number of ether oxygens (including phenoxy) is 1. The maximum absolute atomic E-state index is 5.29. The molecule has 1 heterocycles. The van der Waals surface area contributed by atoms with Crippen LogP contribution in [0.1, 0.15) is 32.6 Å². The zero-order valence-corrected chi connectivity index (χ0v) is 10.7. The first kappa shape index (κ1) is 12.3. The van der Waals surface area contributed by atoms with Crippen LogP contribution in [-0.2, 0) is 4.74 Å². The molecular formula is C13H26N2O. The lowest BCUT2D eigenvalue weighted by molar-refractivity contribution is 0.100. The van der Waals surface area contributed by atoms with E-state index < -0.39 is 0 Å². The van der Waals surface area contributed by atoms with Gasteiger partial charge in [-0.2, -0.15) is 0 Å². The second-order valence-electron chi connectivity index (χ2n) is 5.35. The van der Waals surface area contributed by atoms with Crippen molar-refractivity contribution < 1.29 is 4.74 Å². The van der Waals surface area contributed by atoms with E-state index in [4.69, 9.17) is 4.74 Å². The molecule has 3 nitrogen and oxygen atoms in total. The van der Waals surface area contributed by atoms with Gasteiger partial charge in [-0.1, -0.05) is 6.92 Å². The average Bonchev–Trinajstić information content (AvgIpc) is 3.02. The Morgan fingerprint density at radius 3 is 2.81 bits per heavy atom. The highest BCUT2D eigenvalue weighted by molar-refractivity contribution is 4.86. The Balaban J connectivity index is 1.68. The van der Waals surface area contributed by atoms with Crippen molar-refractivity contribution in [2.75, 3.05) is 33.4 Å². The molecular weight excluding hydrogens is 200 g/mol. The molecule has 2 fully saturated rings. The number of hydrogen-bond donors (Lipinski definition) is 1. The van der Waals surface area contributed by atoms with Crippen LogP contribution in [0.15, 0.2) is 0 Å². The Kier molecular flexibility index (Phi) is 4.62. The zero-order chi connectivity index (χ0) is 11.4. The van der Waals surface area contributed by atoms with E-state index in [9.17, 15) is 0 Å². The largest absolute Gasteiger partial charge is 0.383 e. The van der Waals surface area contributed by atoms with Crippen molar-refractivity contribution in [3.8, 4) is 0 Å². The van der Waals surface area contributed by atoms with Gasteiger partial charge in [0.15, 0.2) is 0 Å². The molecule has 94 valence electrons. The molecule has 16 heavy (non-hydrogen) atoms. The predicted octanol–water partition coefficient (Wildman–Crippen LogP) is 1.49. The molecule has 3 heteroatoms. The molecule has 2 unspecified atom stereocenters. The maximum atomic E-state index is 5.29. The van der Waals surface area contributed by atoms with Crippen LogP contribution in [0.4, 0.5) is 0 Å². The van der Waals surface area contributed by atoms with E-state index in [2.05, 4.69) is 17.1 Å². The molecule has 1 aliphatic carbocycles. The molecule has 0 aromatic rings. The van der Waals surface area contributed by atoms with Gasteiger partial charge < -0.3 is 10.1 Å². The van der Waals surface area contributed by atoms with Gasteiger partial charge in [-0.05, 0) is 44.7 Å². The maximum Gasteiger partial charge on any atom is 0.0617 e. The van der Waals surface area contributed by atoms with Gasteiger partial charge in [0.05, 0.1) is 6.61 Å². The van der Waals surface area contributed by atoms with Gasteiger partial charge in [0, 0.05) is 25.7 Å². The Bertz CT molecular complexity index is 206. The van der Waals surface area contributed by atoms with Gasteiger partial charge in [-0.25, -0.2) is 0 Å². The third-order valence-electron chi connectivity index (χ3n) is 3.94. The fourth-order valence-electron chi connectivity index (χ4n) is 2.66. The van der Waals surface area contributed by atoms with Crippen LogP contribution in [0, 0.1) is 5.92 Å². The summed E-state index contributed by atoms with van der Waals surface area (Å²) in [7, 11) is 1.81. The van der Waals surface area contributed by atoms with E-state index in [1.165, 1.54) is 45.3 Å². The minimum atomic E-state index is 0.635. The highest BCUT2D eigenvalue weighted by Crippen LogP contribution is 2.23. The second-order valence-corrected chi connectivity index (χ2v) is 5.35. The van der Waals surface area contributed by atoms with Crippen LogP contribution < -0.4 is 5.32 Å². The Hall–Kier alpha value is -0.120. The molecule has 0 spiro atoms. The van der Waals surface area contributed by atoms with Crippen LogP contribution in [-0.4, -0.2) is 50.3 Å². The van der Waals surface area contributed by atoms with Crippen molar-refractivity contribution in [2.45, 2.75) is 44.7 Å². The van der Waals surface area contributed by atoms with E-state index >= 15 is 0 Å². The van der Waals surface area contributed by atoms with Crippen LogP contribution in [0.3, 0.4) is 0 Å². The molecule has 1 N–H and O–H groups in total. The molecule has 1 saturated carbocycles. The van der Waals surface area contributed by atoms with E-state index in [0.717, 1.165) is 18.6 Å². The van der Waals surface area contributed by atoms with Crippen molar-refractivity contribution in [1.82, 2.24) is 10.2 Å². The molecule has 1 aliphatic heterocycles. The number of rotatable bonds is 7. The molecule has 0 radical (unpaired) electrons. The van der Waals surface area contributed by atoms with E-state index in [-0.39, 0.29) is 0 Å². The molecule has 0 aromatic carbocycles. The Morgan fingerprint density at radius 1 is 1.38 bits per heavy atom. The first-order chi connectivity index (χ1) is 7.83. The lowest BCUT2D eigenvalue weighted by Crippen LogP contribution is -2.37. The summed E-state index contributed by atoms with van der Waals surface area (Å²) in [6, 6.07) is 1.49. The van der Waals surface area contributed by atoms with Crippen LogP contribution in [0.25, 0.3) is 0 Å². The van der Waals surface area contributed by atoms with Crippen LogP contribution in [0.2, 0.25) is 0 Å². The summed E-state index contributed by atoms with van der Waals surface area (Å²) in [5.74, 6) is 0.867. The topological polar surface area (TPSA) is 24.5 Å². The van der Waals surface area contributed by atoms with Gasteiger partial charge >= 0.3 is 0 Å². The summed E-state index contributed by atoms with van der Waals surface area (Å²) < 4.78 is 5.29. The summed E-state index contributed by atoms with van der Waals surface area (Å²) in [5, 5.41) is 3.65. The number of nitrogens with one attached hydrogen (secondary N) is 1. The van der Waals surface area contributed by atoms with Crippen molar-refractivity contribution >= 4 is 0 Å². The molecule has 2 rings (SSSR count). The van der Waals surface area contributed by atoms with Gasteiger partial charge in [0.2, 0.25) is 0 Å². The summed E-state index contributed by atoms with van der Waals surface area (Å²) in [6.45, 7) is 6.91. The van der Waals surface area contributed by atoms with E-state index in [1.807, 2.05) is 7.11 Å². The van der Waals surface area contributed by atoms with Gasteiger partial charge in [-0.15, -0.1) is 0 Å². The highest BCUT2D eigenvalue weighted by atomic mass is 16.5. The molecule has 1 saturated heterocycles. The van der Waals surface area contributed by atoms with Gasteiger partial charge in [-0.3, -0.25) is 4.90 Å². The lowest BCUT2D eigenvalue weighted by Gasteiger charge is -2.26. The monoisotopic (exact) mass is 226 g/mol. The van der Waals surface area contributed by atoms with Crippen molar-refractivity contribution in [1.29, 1.82) is 0 Å².